The van der Waals surface area contributed by atoms with Gasteiger partial charge in [-0.25, -0.2) is 0 Å². The van der Waals surface area contributed by atoms with Gasteiger partial charge in [-0.05, 0) is 59.4 Å². The number of carbonyl (C=O) groups is 1. The Labute approximate surface area is 159 Å². The van der Waals surface area contributed by atoms with Crippen LogP contribution >= 0.6 is 0 Å². The van der Waals surface area contributed by atoms with Crippen molar-refractivity contribution in [2.24, 2.45) is 5.41 Å². The summed E-state index contributed by atoms with van der Waals surface area (Å²) in [6.07, 6.45) is 3.59. The van der Waals surface area contributed by atoms with Crippen LogP contribution in [0.15, 0.2) is 10.6 Å². The highest BCUT2D eigenvalue weighted by molar-refractivity contribution is 5.94. The van der Waals surface area contributed by atoms with Gasteiger partial charge in [0.1, 0.15) is 5.76 Å². The smallest absolute Gasteiger partial charge is 0.276 e. The zero-order valence-electron chi connectivity index (χ0n) is 16.6. The number of nitrogens with zero attached hydrogens (tertiary/aromatic N) is 4. The second-order valence-electron chi connectivity index (χ2n) is 8.50. The number of amides is 1. The summed E-state index contributed by atoms with van der Waals surface area (Å²) in [6.45, 7) is 9.50. The standard InChI is InChI=1S/C20H28N4O3/c1-13-11-14(2)24(21-13)12-16-15(3)27-22-17(16)18(25)23-9-7-20(8-10-23)6-5-19(20,4)26/h11,26H,5-10,12H2,1-4H3. The highest BCUT2D eigenvalue weighted by atomic mass is 16.5. The Kier molecular flexibility index (Phi) is 4.18. The Morgan fingerprint density at radius 1 is 1.22 bits per heavy atom. The summed E-state index contributed by atoms with van der Waals surface area (Å²) in [7, 11) is 0. The van der Waals surface area contributed by atoms with E-state index in [0.717, 1.165) is 42.6 Å². The molecule has 2 aliphatic rings. The molecular weight excluding hydrogens is 344 g/mol. The van der Waals surface area contributed by atoms with E-state index in [1.165, 1.54) is 0 Å². The van der Waals surface area contributed by atoms with Gasteiger partial charge in [-0.2, -0.15) is 5.10 Å². The first-order chi connectivity index (χ1) is 12.7. The van der Waals surface area contributed by atoms with Crippen LogP contribution in [0.1, 0.15) is 65.8 Å². The molecule has 0 bridgehead atoms. The Morgan fingerprint density at radius 3 is 2.44 bits per heavy atom. The van der Waals surface area contributed by atoms with E-state index in [4.69, 9.17) is 4.52 Å². The normalized spacial score (nSPS) is 24.3. The van der Waals surface area contributed by atoms with Gasteiger partial charge in [0, 0.05) is 29.8 Å². The minimum Gasteiger partial charge on any atom is -0.390 e. The van der Waals surface area contributed by atoms with Crippen molar-refractivity contribution in [1.82, 2.24) is 19.8 Å². The number of hydrogen-bond donors (Lipinski definition) is 1. The molecule has 1 aliphatic carbocycles. The van der Waals surface area contributed by atoms with Crippen molar-refractivity contribution in [2.75, 3.05) is 13.1 Å². The van der Waals surface area contributed by atoms with Gasteiger partial charge in [0.15, 0.2) is 5.69 Å². The van der Waals surface area contributed by atoms with Crippen molar-refractivity contribution in [3.8, 4) is 0 Å². The third kappa shape index (κ3) is 2.88. The molecule has 1 N–H and O–H groups in total. The lowest BCUT2D eigenvalue weighted by molar-refractivity contribution is -0.174. The fourth-order valence-corrected chi connectivity index (χ4v) is 4.65. The molecule has 7 nitrogen and oxygen atoms in total. The lowest BCUT2D eigenvalue weighted by Gasteiger charge is -2.58. The van der Waals surface area contributed by atoms with Crippen molar-refractivity contribution >= 4 is 5.91 Å². The van der Waals surface area contributed by atoms with E-state index < -0.39 is 5.60 Å². The lowest BCUT2D eigenvalue weighted by Crippen LogP contribution is -2.60. The summed E-state index contributed by atoms with van der Waals surface area (Å²) < 4.78 is 7.23. The number of likely N-dealkylation sites (tertiary alicyclic amines) is 1. The fourth-order valence-electron chi connectivity index (χ4n) is 4.65. The summed E-state index contributed by atoms with van der Waals surface area (Å²) in [5.41, 5.74) is 2.56. The molecule has 2 aromatic rings. The van der Waals surface area contributed by atoms with E-state index in [2.05, 4.69) is 10.3 Å². The van der Waals surface area contributed by atoms with Crippen LogP contribution in [-0.4, -0.2) is 49.5 Å². The van der Waals surface area contributed by atoms with E-state index in [1.807, 2.05) is 43.3 Å². The fraction of sp³-hybridized carbons (Fsp3) is 0.650. The molecule has 1 spiro atoms. The van der Waals surface area contributed by atoms with Crippen molar-refractivity contribution < 1.29 is 14.4 Å². The molecule has 1 aliphatic heterocycles. The highest BCUT2D eigenvalue weighted by Gasteiger charge is 2.56. The first-order valence-electron chi connectivity index (χ1n) is 9.70. The Bertz CT molecular complexity index is 872. The molecule has 0 aromatic carbocycles. The zero-order valence-corrected chi connectivity index (χ0v) is 16.6. The van der Waals surface area contributed by atoms with Gasteiger partial charge in [-0.15, -0.1) is 0 Å². The number of aliphatic hydroxyl groups is 1. The van der Waals surface area contributed by atoms with E-state index in [9.17, 15) is 9.90 Å². The third-order valence-electron chi connectivity index (χ3n) is 6.84. The minimum atomic E-state index is -0.590. The number of hydrogen-bond acceptors (Lipinski definition) is 5. The van der Waals surface area contributed by atoms with Crippen LogP contribution in [0.5, 0.6) is 0 Å². The van der Waals surface area contributed by atoms with Crippen LogP contribution in [0.25, 0.3) is 0 Å². The van der Waals surface area contributed by atoms with Crippen LogP contribution in [0.3, 0.4) is 0 Å². The summed E-state index contributed by atoms with van der Waals surface area (Å²) >= 11 is 0. The molecule has 1 atom stereocenters. The molecule has 1 unspecified atom stereocenters. The maximum Gasteiger partial charge on any atom is 0.276 e. The summed E-state index contributed by atoms with van der Waals surface area (Å²) in [5, 5.41) is 19.1. The SMILES string of the molecule is Cc1cc(C)n(Cc2c(C(=O)N3CCC4(CC3)CCC4(C)O)noc2C)n1. The Morgan fingerprint density at radius 2 is 1.93 bits per heavy atom. The zero-order chi connectivity index (χ0) is 19.4. The highest BCUT2D eigenvalue weighted by Crippen LogP contribution is 2.56. The van der Waals surface area contributed by atoms with Crippen molar-refractivity contribution in [2.45, 2.75) is 65.5 Å². The number of piperidine rings is 1. The first-order valence-corrected chi connectivity index (χ1v) is 9.70. The van der Waals surface area contributed by atoms with Gasteiger partial charge in [0.05, 0.1) is 17.8 Å². The van der Waals surface area contributed by atoms with Crippen LogP contribution in [0.4, 0.5) is 0 Å². The van der Waals surface area contributed by atoms with E-state index in [-0.39, 0.29) is 11.3 Å². The average molecular weight is 372 g/mol. The van der Waals surface area contributed by atoms with E-state index >= 15 is 0 Å². The van der Waals surface area contributed by atoms with Gasteiger partial charge >= 0.3 is 0 Å². The second-order valence-corrected chi connectivity index (χ2v) is 8.50. The second kappa shape index (κ2) is 6.19. The van der Waals surface area contributed by atoms with Crippen LogP contribution in [0, 0.1) is 26.2 Å². The predicted molar refractivity (Wildman–Crippen MR) is 99.5 cm³/mol. The number of carbonyl (C=O) groups excluding carboxylic acids is 1. The van der Waals surface area contributed by atoms with E-state index in [1.54, 1.807) is 0 Å². The van der Waals surface area contributed by atoms with Gasteiger partial charge in [0.25, 0.3) is 5.91 Å². The van der Waals surface area contributed by atoms with Crippen LogP contribution < -0.4 is 0 Å². The molecular formula is C20H28N4O3. The number of rotatable bonds is 3. The van der Waals surface area contributed by atoms with Crippen molar-refractivity contribution in [1.29, 1.82) is 0 Å². The van der Waals surface area contributed by atoms with Crippen molar-refractivity contribution in [3.63, 3.8) is 0 Å². The van der Waals surface area contributed by atoms with E-state index in [0.29, 0.717) is 31.1 Å². The monoisotopic (exact) mass is 372 g/mol. The largest absolute Gasteiger partial charge is 0.390 e. The van der Waals surface area contributed by atoms with Gasteiger partial charge in [0.2, 0.25) is 0 Å². The number of aromatic nitrogens is 3. The molecule has 3 heterocycles. The van der Waals surface area contributed by atoms with Crippen LogP contribution in [-0.2, 0) is 6.54 Å². The van der Waals surface area contributed by atoms with Crippen LogP contribution in [0.2, 0.25) is 0 Å². The maximum absolute atomic E-state index is 13.1. The molecule has 146 valence electrons. The lowest BCUT2D eigenvalue weighted by atomic mass is 9.53. The number of aryl methyl sites for hydroxylation is 3. The first kappa shape index (κ1) is 18.2. The molecule has 2 aromatic heterocycles. The molecule has 1 saturated heterocycles. The molecule has 7 heteroatoms. The van der Waals surface area contributed by atoms with Crippen molar-refractivity contribution in [3.05, 3.63) is 34.5 Å². The minimum absolute atomic E-state index is 0.0178. The Hall–Kier alpha value is -2.15. The molecule has 2 fully saturated rings. The van der Waals surface area contributed by atoms with Gasteiger partial charge in [-0.3, -0.25) is 9.48 Å². The summed E-state index contributed by atoms with van der Waals surface area (Å²) in [4.78, 5) is 15.0. The predicted octanol–water partition coefficient (Wildman–Crippen LogP) is 2.61. The average Bonchev–Trinajstić information content (AvgIpc) is 3.15. The molecule has 0 radical (unpaired) electrons. The maximum atomic E-state index is 13.1. The van der Waals surface area contributed by atoms with Gasteiger partial charge in [-0.1, -0.05) is 5.16 Å². The molecule has 1 amide bonds. The summed E-state index contributed by atoms with van der Waals surface area (Å²) in [6, 6.07) is 2.01. The molecule has 1 saturated carbocycles. The molecule has 27 heavy (non-hydrogen) atoms. The third-order valence-corrected chi connectivity index (χ3v) is 6.84. The molecule has 4 rings (SSSR count). The quantitative estimate of drug-likeness (QED) is 0.895. The topological polar surface area (TPSA) is 84.4 Å². The van der Waals surface area contributed by atoms with Gasteiger partial charge < -0.3 is 14.5 Å². The Balaban J connectivity index is 1.51. The summed E-state index contributed by atoms with van der Waals surface area (Å²) in [5.74, 6) is 0.568.